The van der Waals surface area contributed by atoms with Gasteiger partial charge in [-0.05, 0) is 43.0 Å². The highest BCUT2D eigenvalue weighted by Crippen LogP contribution is 2.18. The number of benzene rings is 1. The Bertz CT molecular complexity index is 515. The molecule has 0 saturated carbocycles. The van der Waals surface area contributed by atoms with Gasteiger partial charge in [0.1, 0.15) is 12.0 Å². The third kappa shape index (κ3) is 3.23. The van der Waals surface area contributed by atoms with Crippen molar-refractivity contribution < 1.29 is 9.15 Å². The Morgan fingerprint density at radius 3 is 2.94 bits per heavy atom. The first kappa shape index (κ1) is 12.4. The molecular weight excluding hydrogens is 226 g/mol. The summed E-state index contributed by atoms with van der Waals surface area (Å²) in [6.07, 6.45) is 9.30. The smallest absolute Gasteiger partial charge is 0.180 e. The van der Waals surface area contributed by atoms with E-state index in [0.29, 0.717) is 0 Å². The molecule has 0 saturated heterocycles. The Balaban J connectivity index is 1.92. The summed E-state index contributed by atoms with van der Waals surface area (Å²) in [7, 11) is 1.68. The Kier molecular flexibility index (Phi) is 4.18. The van der Waals surface area contributed by atoms with Crippen LogP contribution >= 0.6 is 0 Å². The van der Waals surface area contributed by atoms with Crippen molar-refractivity contribution in [2.75, 3.05) is 7.11 Å². The molecule has 0 unspecified atom stereocenters. The van der Waals surface area contributed by atoms with E-state index in [0.717, 1.165) is 24.3 Å². The van der Waals surface area contributed by atoms with E-state index >= 15 is 0 Å². The second-order valence-corrected chi connectivity index (χ2v) is 4.14. The lowest BCUT2D eigenvalue weighted by molar-refractivity contribution is 0.414. The largest absolute Gasteiger partial charge is 0.497 e. The highest BCUT2D eigenvalue weighted by Gasteiger charge is 1.97. The van der Waals surface area contributed by atoms with Crippen LogP contribution in [0.1, 0.15) is 23.2 Å². The number of oxazole rings is 1. The van der Waals surface area contributed by atoms with Crippen LogP contribution in [0.3, 0.4) is 0 Å². The highest BCUT2D eigenvalue weighted by molar-refractivity contribution is 5.55. The van der Waals surface area contributed by atoms with Crippen LogP contribution in [0.2, 0.25) is 0 Å². The minimum absolute atomic E-state index is 0.896. The van der Waals surface area contributed by atoms with Crippen LogP contribution in [-0.2, 0) is 6.42 Å². The first-order valence-corrected chi connectivity index (χ1v) is 5.98. The van der Waals surface area contributed by atoms with Crippen LogP contribution in [0.25, 0.3) is 6.08 Å². The molecule has 3 nitrogen and oxygen atoms in total. The van der Waals surface area contributed by atoms with Crippen molar-refractivity contribution in [3.63, 3.8) is 0 Å². The quantitative estimate of drug-likeness (QED) is 0.804. The van der Waals surface area contributed by atoms with E-state index in [-0.39, 0.29) is 0 Å². The van der Waals surface area contributed by atoms with E-state index in [2.05, 4.69) is 30.1 Å². The number of aromatic nitrogens is 1. The van der Waals surface area contributed by atoms with Crippen molar-refractivity contribution in [2.45, 2.75) is 19.8 Å². The number of hydrogen-bond donors (Lipinski definition) is 0. The Labute approximate surface area is 107 Å². The summed E-state index contributed by atoms with van der Waals surface area (Å²) in [5, 5.41) is 0. The Morgan fingerprint density at radius 1 is 1.39 bits per heavy atom. The summed E-state index contributed by atoms with van der Waals surface area (Å²) < 4.78 is 10.1. The summed E-state index contributed by atoms with van der Waals surface area (Å²) in [5.41, 5.74) is 3.43. The molecule has 0 aliphatic carbocycles. The molecule has 0 fully saturated rings. The van der Waals surface area contributed by atoms with Gasteiger partial charge in [0.15, 0.2) is 6.39 Å². The number of allylic oxidation sites excluding steroid dienone is 1. The van der Waals surface area contributed by atoms with E-state index in [1.165, 1.54) is 17.5 Å². The lowest BCUT2D eigenvalue weighted by Gasteiger charge is -2.04. The van der Waals surface area contributed by atoms with Gasteiger partial charge in [-0.3, -0.25) is 0 Å². The van der Waals surface area contributed by atoms with Crippen LogP contribution < -0.4 is 4.74 Å². The molecule has 0 aliphatic rings. The zero-order chi connectivity index (χ0) is 12.8. The number of aryl methyl sites for hydroxylation is 2. The number of nitrogens with zero attached hydrogens (tertiary/aromatic N) is 1. The van der Waals surface area contributed by atoms with Crippen molar-refractivity contribution in [1.29, 1.82) is 0 Å². The second kappa shape index (κ2) is 6.05. The van der Waals surface area contributed by atoms with Crippen LogP contribution in [0.5, 0.6) is 5.75 Å². The molecule has 0 spiro atoms. The van der Waals surface area contributed by atoms with Gasteiger partial charge in [-0.25, -0.2) is 4.98 Å². The summed E-state index contributed by atoms with van der Waals surface area (Å²) in [6.45, 7) is 2.08. The zero-order valence-corrected chi connectivity index (χ0v) is 10.7. The molecule has 1 aromatic heterocycles. The fourth-order valence-electron chi connectivity index (χ4n) is 1.76. The number of rotatable bonds is 5. The van der Waals surface area contributed by atoms with E-state index in [4.69, 9.17) is 9.15 Å². The molecule has 2 aromatic rings. The molecule has 3 heteroatoms. The topological polar surface area (TPSA) is 35.3 Å². The average Bonchev–Trinajstić information content (AvgIpc) is 2.89. The van der Waals surface area contributed by atoms with Gasteiger partial charge in [0.25, 0.3) is 0 Å². The van der Waals surface area contributed by atoms with Crippen LogP contribution in [-0.4, -0.2) is 12.1 Å². The molecule has 18 heavy (non-hydrogen) atoms. The van der Waals surface area contributed by atoms with Crippen molar-refractivity contribution in [2.24, 2.45) is 0 Å². The Hall–Kier alpha value is -2.03. The summed E-state index contributed by atoms with van der Waals surface area (Å²) in [4.78, 5) is 4.08. The van der Waals surface area contributed by atoms with Gasteiger partial charge >= 0.3 is 0 Å². The van der Waals surface area contributed by atoms with Crippen LogP contribution in [0.4, 0.5) is 0 Å². The lowest BCUT2D eigenvalue weighted by atomic mass is 10.1. The maximum absolute atomic E-state index is 5.18. The average molecular weight is 243 g/mol. The van der Waals surface area contributed by atoms with E-state index in [1.54, 1.807) is 13.4 Å². The molecule has 1 aromatic carbocycles. The second-order valence-electron chi connectivity index (χ2n) is 4.14. The molecule has 0 bridgehead atoms. The van der Waals surface area contributed by atoms with Gasteiger partial charge in [-0.15, -0.1) is 0 Å². The molecule has 0 radical (unpaired) electrons. The normalized spacial score (nSPS) is 11.0. The van der Waals surface area contributed by atoms with E-state index in [9.17, 15) is 0 Å². The van der Waals surface area contributed by atoms with E-state index < -0.39 is 0 Å². The fourth-order valence-corrected chi connectivity index (χ4v) is 1.76. The Morgan fingerprint density at radius 2 is 2.28 bits per heavy atom. The number of ether oxygens (including phenoxy) is 1. The van der Waals surface area contributed by atoms with Gasteiger partial charge in [0.05, 0.1) is 12.8 Å². The van der Waals surface area contributed by atoms with Gasteiger partial charge < -0.3 is 9.15 Å². The molecule has 2 rings (SSSR count). The predicted octanol–water partition coefficient (Wildman–Crippen LogP) is 3.64. The third-order valence-electron chi connectivity index (χ3n) is 2.82. The third-order valence-corrected chi connectivity index (χ3v) is 2.82. The highest BCUT2D eigenvalue weighted by atomic mass is 16.5. The maximum Gasteiger partial charge on any atom is 0.180 e. The van der Waals surface area contributed by atoms with Gasteiger partial charge in [-0.2, -0.15) is 0 Å². The molecule has 1 heterocycles. The van der Waals surface area contributed by atoms with Crippen LogP contribution in [0.15, 0.2) is 41.3 Å². The van der Waals surface area contributed by atoms with Crippen LogP contribution in [0, 0.1) is 6.92 Å². The number of hydrogen-bond acceptors (Lipinski definition) is 3. The minimum Gasteiger partial charge on any atom is -0.497 e. The molecular formula is C15H17NO2. The first-order valence-electron chi connectivity index (χ1n) is 5.98. The fraction of sp³-hybridized carbons (Fsp3) is 0.267. The summed E-state index contributed by atoms with van der Waals surface area (Å²) in [5.74, 6) is 0.896. The first-order chi connectivity index (χ1) is 8.79. The van der Waals surface area contributed by atoms with E-state index in [1.807, 2.05) is 12.1 Å². The molecule has 0 amide bonds. The predicted molar refractivity (Wildman–Crippen MR) is 71.6 cm³/mol. The van der Waals surface area contributed by atoms with Gasteiger partial charge in [0, 0.05) is 0 Å². The maximum atomic E-state index is 5.18. The monoisotopic (exact) mass is 243 g/mol. The molecule has 0 aliphatic heterocycles. The van der Waals surface area contributed by atoms with Gasteiger partial charge in [-0.1, -0.05) is 18.2 Å². The van der Waals surface area contributed by atoms with Gasteiger partial charge in [0.2, 0.25) is 0 Å². The summed E-state index contributed by atoms with van der Waals surface area (Å²) in [6, 6.07) is 6.09. The van der Waals surface area contributed by atoms with Crippen molar-refractivity contribution >= 4 is 6.08 Å². The lowest BCUT2D eigenvalue weighted by Crippen LogP contribution is -1.86. The SMILES string of the molecule is COc1ccc(/C=C/CCc2cocn2)c(C)c1. The van der Waals surface area contributed by atoms with Crippen molar-refractivity contribution in [3.8, 4) is 5.75 Å². The zero-order valence-electron chi connectivity index (χ0n) is 10.7. The van der Waals surface area contributed by atoms with Crippen molar-refractivity contribution in [3.05, 3.63) is 53.8 Å². The standard InChI is InChI=1S/C15H17NO2/c1-12-9-15(17-2)8-7-13(12)5-3-4-6-14-10-18-11-16-14/h3,5,7-11H,4,6H2,1-2H3/b5-3+. The molecule has 94 valence electrons. The minimum atomic E-state index is 0.896. The van der Waals surface area contributed by atoms with Crippen molar-refractivity contribution in [1.82, 2.24) is 4.98 Å². The molecule has 0 N–H and O–H groups in total. The number of methoxy groups -OCH3 is 1. The molecule has 0 atom stereocenters. The summed E-state index contributed by atoms with van der Waals surface area (Å²) >= 11 is 0.